The molecule has 2 nitrogen and oxygen atoms in total. The molecule has 3 rings (SSSR count). The third-order valence-corrected chi connectivity index (χ3v) is 2.28. The minimum Gasteiger partial charge on any atom is -0.456 e. The molecule has 2 aromatic carbocycles. The second-order valence-electron chi connectivity index (χ2n) is 3.09. The minimum atomic E-state index is 0.962. The summed E-state index contributed by atoms with van der Waals surface area (Å²) in [4.78, 5) is 0. The molecule has 0 saturated carbocycles. The van der Waals surface area contributed by atoms with Gasteiger partial charge in [0, 0.05) is 17.9 Å². The van der Waals surface area contributed by atoms with Crippen molar-refractivity contribution in [2.75, 3.05) is 7.11 Å². The number of aliphatic hydroxyl groups is 1. The lowest BCUT2D eigenvalue weighted by molar-refractivity contribution is 0.399. The summed E-state index contributed by atoms with van der Waals surface area (Å²) < 4.78 is 5.65. The van der Waals surface area contributed by atoms with Crippen LogP contribution in [0.2, 0.25) is 0 Å². The van der Waals surface area contributed by atoms with Gasteiger partial charge in [-0.05, 0) is 12.1 Å². The van der Waals surface area contributed by atoms with Crippen molar-refractivity contribution in [3.05, 3.63) is 48.5 Å². The third-order valence-electron chi connectivity index (χ3n) is 2.28. The highest BCUT2D eigenvalue weighted by Gasteiger charge is 2.03. The summed E-state index contributed by atoms with van der Waals surface area (Å²) in [7, 11) is 1.00. The maximum absolute atomic E-state index is 7.00. The molecule has 0 saturated heterocycles. The van der Waals surface area contributed by atoms with Crippen LogP contribution in [-0.2, 0) is 0 Å². The quantitative estimate of drug-likeness (QED) is 0.604. The Morgan fingerprint density at radius 3 is 1.60 bits per heavy atom. The fourth-order valence-electron chi connectivity index (χ4n) is 1.67. The van der Waals surface area contributed by atoms with Crippen LogP contribution in [0.4, 0.5) is 0 Å². The maximum Gasteiger partial charge on any atom is 0.135 e. The maximum atomic E-state index is 7.00. The van der Waals surface area contributed by atoms with Crippen molar-refractivity contribution in [1.29, 1.82) is 0 Å². The van der Waals surface area contributed by atoms with Crippen molar-refractivity contribution < 1.29 is 9.52 Å². The molecule has 1 N–H and O–H groups in total. The monoisotopic (exact) mass is 200 g/mol. The smallest absolute Gasteiger partial charge is 0.135 e. The number of para-hydroxylation sites is 2. The van der Waals surface area contributed by atoms with E-state index < -0.39 is 0 Å². The average molecular weight is 200 g/mol. The fraction of sp³-hybridized carbons (Fsp3) is 0.0769. The van der Waals surface area contributed by atoms with Crippen molar-refractivity contribution in [2.45, 2.75) is 0 Å². The number of benzene rings is 2. The molecule has 15 heavy (non-hydrogen) atoms. The first-order chi connectivity index (χ1) is 7.45. The summed E-state index contributed by atoms with van der Waals surface area (Å²) >= 11 is 0. The molecule has 0 radical (unpaired) electrons. The average Bonchev–Trinajstić information content (AvgIpc) is 2.70. The summed E-state index contributed by atoms with van der Waals surface area (Å²) in [5, 5.41) is 9.39. The van der Waals surface area contributed by atoms with Crippen LogP contribution < -0.4 is 0 Å². The Morgan fingerprint density at radius 2 is 1.13 bits per heavy atom. The van der Waals surface area contributed by atoms with Crippen LogP contribution in [0.15, 0.2) is 52.9 Å². The van der Waals surface area contributed by atoms with Crippen LogP contribution in [0.1, 0.15) is 0 Å². The molecule has 1 aromatic heterocycles. The normalized spacial score (nSPS) is 10.0. The van der Waals surface area contributed by atoms with Gasteiger partial charge in [0.2, 0.25) is 0 Å². The van der Waals surface area contributed by atoms with Gasteiger partial charge in [-0.3, -0.25) is 0 Å². The van der Waals surface area contributed by atoms with Crippen molar-refractivity contribution in [2.24, 2.45) is 0 Å². The molecule has 76 valence electrons. The van der Waals surface area contributed by atoms with Gasteiger partial charge in [-0.25, -0.2) is 0 Å². The predicted octanol–water partition coefficient (Wildman–Crippen LogP) is 3.19. The zero-order chi connectivity index (χ0) is 10.7. The van der Waals surface area contributed by atoms with Gasteiger partial charge < -0.3 is 9.52 Å². The van der Waals surface area contributed by atoms with Crippen LogP contribution in [0, 0.1) is 0 Å². The molecule has 3 aromatic rings. The van der Waals surface area contributed by atoms with E-state index in [0.29, 0.717) is 0 Å². The Kier molecular flexibility index (Phi) is 2.70. The lowest BCUT2D eigenvalue weighted by atomic mass is 10.2. The van der Waals surface area contributed by atoms with Crippen molar-refractivity contribution in [3.63, 3.8) is 0 Å². The van der Waals surface area contributed by atoms with E-state index in [1.165, 1.54) is 10.8 Å². The highest BCUT2D eigenvalue weighted by Crippen LogP contribution is 2.27. The Hall–Kier alpha value is -1.80. The molecule has 0 aliphatic rings. The van der Waals surface area contributed by atoms with Crippen LogP contribution in [0.25, 0.3) is 21.9 Å². The largest absolute Gasteiger partial charge is 0.456 e. The fourth-order valence-corrected chi connectivity index (χ4v) is 1.67. The Morgan fingerprint density at radius 1 is 0.733 bits per heavy atom. The molecule has 0 fully saturated rings. The van der Waals surface area contributed by atoms with Gasteiger partial charge in [0.05, 0.1) is 0 Å². The van der Waals surface area contributed by atoms with E-state index in [-0.39, 0.29) is 0 Å². The minimum absolute atomic E-state index is 0.962. The Labute approximate surface area is 87.8 Å². The second kappa shape index (κ2) is 4.15. The van der Waals surface area contributed by atoms with E-state index in [9.17, 15) is 0 Å². The van der Waals surface area contributed by atoms with Crippen molar-refractivity contribution in [1.82, 2.24) is 0 Å². The van der Waals surface area contributed by atoms with E-state index in [1.54, 1.807) is 0 Å². The van der Waals surface area contributed by atoms with E-state index in [2.05, 4.69) is 12.1 Å². The zero-order valence-corrected chi connectivity index (χ0v) is 8.47. The van der Waals surface area contributed by atoms with Crippen LogP contribution in [-0.4, -0.2) is 12.2 Å². The number of hydrogen-bond donors (Lipinski definition) is 1. The molecule has 0 aliphatic carbocycles. The number of fused-ring (bicyclic) bond motifs is 3. The van der Waals surface area contributed by atoms with Crippen LogP contribution in [0.3, 0.4) is 0 Å². The van der Waals surface area contributed by atoms with Crippen molar-refractivity contribution >= 4 is 21.9 Å². The molecular weight excluding hydrogens is 188 g/mol. The summed E-state index contributed by atoms with van der Waals surface area (Å²) in [6, 6.07) is 16.2. The van der Waals surface area contributed by atoms with Gasteiger partial charge in [-0.2, -0.15) is 0 Å². The van der Waals surface area contributed by atoms with E-state index >= 15 is 0 Å². The number of rotatable bonds is 0. The van der Waals surface area contributed by atoms with E-state index in [4.69, 9.17) is 9.52 Å². The van der Waals surface area contributed by atoms with Gasteiger partial charge in [0.25, 0.3) is 0 Å². The highest BCUT2D eigenvalue weighted by atomic mass is 16.3. The molecule has 0 unspecified atom stereocenters. The Bertz CT molecular complexity index is 516. The van der Waals surface area contributed by atoms with Crippen LogP contribution >= 0.6 is 0 Å². The second-order valence-corrected chi connectivity index (χ2v) is 3.09. The summed E-state index contributed by atoms with van der Waals surface area (Å²) in [6.07, 6.45) is 0. The molecule has 0 amide bonds. The van der Waals surface area contributed by atoms with Crippen molar-refractivity contribution in [3.8, 4) is 0 Å². The highest BCUT2D eigenvalue weighted by molar-refractivity contribution is 6.04. The molecule has 0 aliphatic heterocycles. The standard InChI is InChI=1S/C12H8O.CH4O/c1-3-7-11-9(5-1)10-6-2-4-8-12(10)13-11;1-2/h1-8H;2H,1H3. The number of hydrogen-bond acceptors (Lipinski definition) is 2. The number of aliphatic hydroxyl groups excluding tert-OH is 1. The lowest BCUT2D eigenvalue weighted by Crippen LogP contribution is -1.62. The summed E-state index contributed by atoms with van der Waals surface area (Å²) in [5.74, 6) is 0. The van der Waals surface area contributed by atoms with Gasteiger partial charge in [-0.15, -0.1) is 0 Å². The predicted molar refractivity (Wildman–Crippen MR) is 61.9 cm³/mol. The molecular formula is C13H12O2. The van der Waals surface area contributed by atoms with E-state index in [0.717, 1.165) is 18.3 Å². The molecule has 0 bridgehead atoms. The van der Waals surface area contributed by atoms with Gasteiger partial charge in [-0.1, -0.05) is 36.4 Å². The van der Waals surface area contributed by atoms with E-state index in [1.807, 2.05) is 36.4 Å². The SMILES string of the molecule is CO.c1ccc2c(c1)oc1ccccc12. The lowest BCUT2D eigenvalue weighted by Gasteiger charge is -1.85. The zero-order valence-electron chi connectivity index (χ0n) is 8.47. The van der Waals surface area contributed by atoms with Gasteiger partial charge in [0.15, 0.2) is 0 Å². The first kappa shape index (κ1) is 9.74. The third kappa shape index (κ3) is 1.60. The number of furan rings is 1. The first-order valence-electron chi connectivity index (χ1n) is 4.76. The van der Waals surface area contributed by atoms with Gasteiger partial charge >= 0.3 is 0 Å². The summed E-state index contributed by atoms with van der Waals surface area (Å²) in [5.41, 5.74) is 1.92. The first-order valence-corrected chi connectivity index (χ1v) is 4.76. The Balaban J connectivity index is 0.000000404. The molecule has 2 heteroatoms. The molecule has 0 spiro atoms. The molecule has 1 heterocycles. The molecule has 0 atom stereocenters. The summed E-state index contributed by atoms with van der Waals surface area (Å²) in [6.45, 7) is 0. The van der Waals surface area contributed by atoms with Crippen LogP contribution in [0.5, 0.6) is 0 Å². The van der Waals surface area contributed by atoms with Gasteiger partial charge in [0.1, 0.15) is 11.2 Å². The topological polar surface area (TPSA) is 33.4 Å².